The first-order valence-electron chi connectivity index (χ1n) is 10.5. The fraction of sp³-hybridized carbons (Fsp3) is 0.107. The summed E-state index contributed by atoms with van der Waals surface area (Å²) in [5, 5.41) is 0. The van der Waals surface area contributed by atoms with Gasteiger partial charge in [-0.3, -0.25) is 0 Å². The van der Waals surface area contributed by atoms with Crippen LogP contribution >= 0.6 is 0 Å². The van der Waals surface area contributed by atoms with Gasteiger partial charge in [0.2, 0.25) is 0 Å². The molecule has 3 aromatic carbocycles. The molecule has 1 aliphatic heterocycles. The third-order valence-corrected chi connectivity index (χ3v) is 5.69. The lowest BCUT2D eigenvalue weighted by molar-refractivity contribution is 1.14. The fourth-order valence-electron chi connectivity index (χ4n) is 3.93. The Morgan fingerprint density at radius 2 is 1.47 bits per heavy atom. The number of aromatic amines is 1. The number of aromatic nitrogens is 1. The molecule has 0 radical (unpaired) electrons. The number of rotatable bonds is 4. The van der Waals surface area contributed by atoms with Crippen molar-refractivity contribution in [2.75, 3.05) is 0 Å². The highest BCUT2D eigenvalue weighted by Crippen LogP contribution is 2.33. The molecule has 1 aromatic heterocycles. The van der Waals surface area contributed by atoms with Crippen molar-refractivity contribution in [2.45, 2.75) is 20.3 Å². The number of hydrogen-bond acceptors (Lipinski definition) is 1. The maximum atomic E-state index is 5.03. The van der Waals surface area contributed by atoms with E-state index < -0.39 is 0 Å². The molecule has 0 saturated heterocycles. The second-order valence-electron chi connectivity index (χ2n) is 7.78. The van der Waals surface area contributed by atoms with Gasteiger partial charge in [-0.15, -0.1) is 0 Å². The summed E-state index contributed by atoms with van der Waals surface area (Å²) in [6.07, 6.45) is 3.19. The van der Waals surface area contributed by atoms with Crippen molar-refractivity contribution < 1.29 is 0 Å². The largest absolute Gasteiger partial charge is 0.355 e. The lowest BCUT2D eigenvalue weighted by Crippen LogP contribution is -2.00. The summed E-state index contributed by atoms with van der Waals surface area (Å²) in [6, 6.07) is 30.1. The molecule has 0 amide bonds. The zero-order chi connectivity index (χ0) is 20.5. The first kappa shape index (κ1) is 18.4. The van der Waals surface area contributed by atoms with Crippen molar-refractivity contribution in [2.24, 2.45) is 4.99 Å². The summed E-state index contributed by atoms with van der Waals surface area (Å²) in [4.78, 5) is 8.56. The molecule has 0 saturated carbocycles. The molecule has 30 heavy (non-hydrogen) atoms. The Hall–Kier alpha value is -3.65. The maximum absolute atomic E-state index is 5.03. The molecule has 0 bridgehead atoms. The molecule has 1 N–H and O–H groups in total. The monoisotopic (exact) mass is 388 g/mol. The number of fused-ring (bicyclic) bond motifs is 1. The van der Waals surface area contributed by atoms with E-state index in [-0.39, 0.29) is 0 Å². The normalized spacial score (nSPS) is 14.1. The van der Waals surface area contributed by atoms with E-state index in [9.17, 15) is 0 Å². The van der Waals surface area contributed by atoms with Crippen LogP contribution in [0.15, 0.2) is 89.9 Å². The van der Waals surface area contributed by atoms with Crippen LogP contribution in [0.5, 0.6) is 0 Å². The number of benzene rings is 3. The Bertz CT molecular complexity index is 1250. The Morgan fingerprint density at radius 1 is 0.767 bits per heavy atom. The predicted octanol–water partition coefficient (Wildman–Crippen LogP) is 6.90. The predicted molar refractivity (Wildman–Crippen MR) is 127 cm³/mol. The number of aryl methyl sites for hydroxylation is 2. The van der Waals surface area contributed by atoms with Crippen LogP contribution in [-0.4, -0.2) is 10.7 Å². The average Bonchev–Trinajstić information content (AvgIpc) is 3.40. The van der Waals surface area contributed by atoms with Gasteiger partial charge < -0.3 is 4.98 Å². The first-order chi connectivity index (χ1) is 14.7. The minimum Gasteiger partial charge on any atom is -0.355 e. The van der Waals surface area contributed by atoms with Crippen LogP contribution in [0.2, 0.25) is 0 Å². The van der Waals surface area contributed by atoms with Crippen molar-refractivity contribution in [3.63, 3.8) is 0 Å². The molecular weight excluding hydrogens is 364 g/mol. The smallest absolute Gasteiger partial charge is 0.0788 e. The quantitative estimate of drug-likeness (QED) is 0.394. The van der Waals surface area contributed by atoms with E-state index in [0.29, 0.717) is 0 Å². The lowest BCUT2D eigenvalue weighted by atomic mass is 9.98. The van der Waals surface area contributed by atoms with Crippen LogP contribution in [0.25, 0.3) is 23.0 Å². The van der Waals surface area contributed by atoms with Crippen LogP contribution < -0.4 is 0 Å². The summed E-state index contributed by atoms with van der Waals surface area (Å²) >= 11 is 0. The van der Waals surface area contributed by atoms with E-state index in [1.165, 1.54) is 27.8 Å². The standard InChI is InChI=1S/C28H24N2/c1-3-20-10-14-22(15-11-20)28-25-7-5-4-6-24(25)27(30-28)18-23-16-17-26(29-23)21-12-8-19(2)9-13-21/h4-18,29H,3H2,1-2H3. The van der Waals surface area contributed by atoms with Crippen molar-refractivity contribution in [3.8, 4) is 11.3 Å². The Balaban J connectivity index is 1.53. The van der Waals surface area contributed by atoms with E-state index in [1.54, 1.807) is 0 Å². The van der Waals surface area contributed by atoms with Crippen LogP contribution in [0.3, 0.4) is 0 Å². The van der Waals surface area contributed by atoms with Gasteiger partial charge in [0, 0.05) is 28.1 Å². The van der Waals surface area contributed by atoms with E-state index in [2.05, 4.69) is 110 Å². The van der Waals surface area contributed by atoms with E-state index >= 15 is 0 Å². The van der Waals surface area contributed by atoms with Crippen molar-refractivity contribution in [1.82, 2.24) is 4.98 Å². The van der Waals surface area contributed by atoms with Gasteiger partial charge in [0.1, 0.15) is 0 Å². The van der Waals surface area contributed by atoms with Crippen LogP contribution in [0, 0.1) is 6.92 Å². The molecule has 0 aliphatic carbocycles. The molecule has 2 heterocycles. The number of nitrogens with one attached hydrogen (secondary N) is 1. The third-order valence-electron chi connectivity index (χ3n) is 5.69. The molecule has 2 heteroatoms. The molecular formula is C28H24N2. The SMILES string of the molecule is CCc1ccc(C2=NC(=Cc3ccc(-c4ccc(C)cc4)[nH]3)c3ccccc32)cc1. The van der Waals surface area contributed by atoms with E-state index in [0.717, 1.165) is 34.8 Å². The highest BCUT2D eigenvalue weighted by atomic mass is 14.8. The summed E-state index contributed by atoms with van der Waals surface area (Å²) in [5.74, 6) is 0. The van der Waals surface area contributed by atoms with E-state index in [4.69, 9.17) is 4.99 Å². The van der Waals surface area contributed by atoms with Gasteiger partial charge in [-0.1, -0.05) is 85.3 Å². The first-order valence-corrected chi connectivity index (χ1v) is 10.5. The minimum atomic E-state index is 0.998. The second kappa shape index (κ2) is 7.64. The van der Waals surface area contributed by atoms with Gasteiger partial charge in [-0.05, 0) is 42.7 Å². The van der Waals surface area contributed by atoms with Gasteiger partial charge in [0.15, 0.2) is 0 Å². The zero-order valence-corrected chi connectivity index (χ0v) is 17.3. The van der Waals surface area contributed by atoms with Gasteiger partial charge >= 0.3 is 0 Å². The molecule has 146 valence electrons. The Morgan fingerprint density at radius 3 is 2.20 bits per heavy atom. The number of hydrogen-bond donors (Lipinski definition) is 1. The van der Waals surface area contributed by atoms with E-state index in [1.807, 2.05) is 0 Å². The molecule has 0 spiro atoms. The summed E-state index contributed by atoms with van der Waals surface area (Å²) in [5.41, 5.74) is 11.6. The molecule has 4 aromatic rings. The lowest BCUT2D eigenvalue weighted by Gasteiger charge is -2.04. The Kier molecular flexibility index (Phi) is 4.68. The fourth-order valence-corrected chi connectivity index (χ4v) is 3.93. The summed E-state index contributed by atoms with van der Waals surface area (Å²) in [6.45, 7) is 4.29. The van der Waals surface area contributed by atoms with Gasteiger partial charge in [0.25, 0.3) is 0 Å². The van der Waals surface area contributed by atoms with Gasteiger partial charge in [-0.2, -0.15) is 0 Å². The van der Waals surface area contributed by atoms with Gasteiger partial charge in [-0.25, -0.2) is 4.99 Å². The summed E-state index contributed by atoms with van der Waals surface area (Å²) in [7, 11) is 0. The highest BCUT2D eigenvalue weighted by Gasteiger charge is 2.21. The van der Waals surface area contributed by atoms with Gasteiger partial charge in [0.05, 0.1) is 11.4 Å². The van der Waals surface area contributed by atoms with Crippen LogP contribution in [0.1, 0.15) is 40.4 Å². The van der Waals surface area contributed by atoms with Crippen LogP contribution in [-0.2, 0) is 6.42 Å². The molecule has 0 fully saturated rings. The molecule has 0 atom stereocenters. The molecule has 5 rings (SSSR count). The van der Waals surface area contributed by atoms with Crippen molar-refractivity contribution in [3.05, 3.63) is 118 Å². The zero-order valence-electron chi connectivity index (χ0n) is 17.3. The summed E-state index contributed by atoms with van der Waals surface area (Å²) < 4.78 is 0. The Labute approximate surface area is 177 Å². The number of aliphatic imine (C=N–C) groups is 1. The molecule has 0 unspecified atom stereocenters. The third kappa shape index (κ3) is 3.42. The number of H-pyrrole nitrogens is 1. The van der Waals surface area contributed by atoms with Crippen molar-refractivity contribution in [1.29, 1.82) is 0 Å². The minimum absolute atomic E-state index is 0.998. The molecule has 2 nitrogen and oxygen atoms in total. The second-order valence-corrected chi connectivity index (χ2v) is 7.78. The number of nitrogens with zero attached hydrogens (tertiary/aromatic N) is 1. The maximum Gasteiger partial charge on any atom is 0.0788 e. The molecule has 1 aliphatic rings. The topological polar surface area (TPSA) is 28.1 Å². The highest BCUT2D eigenvalue weighted by molar-refractivity contribution is 6.21. The van der Waals surface area contributed by atoms with Crippen LogP contribution in [0.4, 0.5) is 0 Å². The average molecular weight is 389 g/mol. The van der Waals surface area contributed by atoms with Crippen molar-refractivity contribution >= 4 is 17.5 Å².